The molecule has 0 aromatic carbocycles. The third kappa shape index (κ3) is 0.939. The Labute approximate surface area is 65.0 Å². The van der Waals surface area contributed by atoms with E-state index < -0.39 is 0 Å². The van der Waals surface area contributed by atoms with Gasteiger partial charge in [0, 0.05) is 6.21 Å². The molecule has 2 aliphatic heterocycles. The molecule has 0 radical (unpaired) electrons. The van der Waals surface area contributed by atoms with Crippen molar-refractivity contribution in [2.75, 3.05) is 13.1 Å². The summed E-state index contributed by atoms with van der Waals surface area (Å²) in [4.78, 5) is 11.3. The Morgan fingerprint density at radius 2 is 2.18 bits per heavy atom. The quantitative estimate of drug-likeness (QED) is 0.491. The third-order valence-corrected chi connectivity index (χ3v) is 2.43. The van der Waals surface area contributed by atoms with Crippen molar-refractivity contribution in [3.63, 3.8) is 0 Å². The van der Waals surface area contributed by atoms with E-state index in [2.05, 4.69) is 15.8 Å². The summed E-state index contributed by atoms with van der Waals surface area (Å²) in [7, 11) is 0. The van der Waals surface area contributed by atoms with Crippen molar-refractivity contribution in [2.24, 2.45) is 10.5 Å². The topological polar surface area (TPSA) is 53.5 Å². The molecule has 1 fully saturated rings. The average Bonchev–Trinajstić information content (AvgIpc) is 2.36. The Bertz CT molecular complexity index is 206. The number of nitrogens with one attached hydrogen (secondary N) is 2. The lowest BCUT2D eigenvalue weighted by molar-refractivity contribution is -0.127. The first-order valence-corrected chi connectivity index (χ1v) is 3.89. The van der Waals surface area contributed by atoms with Crippen LogP contribution in [-0.4, -0.2) is 25.2 Å². The third-order valence-electron chi connectivity index (χ3n) is 2.43. The standard InChI is InChI=1S/C7H11N3O/c11-6-7(5-9-10-6)1-3-8-4-2-7/h5,8H,1-4H2,(H,10,11). The van der Waals surface area contributed by atoms with E-state index in [0.717, 1.165) is 25.9 Å². The summed E-state index contributed by atoms with van der Waals surface area (Å²) in [6, 6.07) is 0. The highest BCUT2D eigenvalue weighted by atomic mass is 16.2. The summed E-state index contributed by atoms with van der Waals surface area (Å²) in [5.74, 6) is 0.0685. The summed E-state index contributed by atoms with van der Waals surface area (Å²) >= 11 is 0. The summed E-state index contributed by atoms with van der Waals surface area (Å²) in [6.07, 6.45) is 3.51. The second-order valence-corrected chi connectivity index (χ2v) is 3.11. The smallest absolute Gasteiger partial charge is 0.251 e. The minimum absolute atomic E-state index is 0.0685. The Morgan fingerprint density at radius 1 is 1.45 bits per heavy atom. The average molecular weight is 153 g/mol. The SMILES string of the molecule is O=C1NN=CC12CCNCC2. The van der Waals surface area contributed by atoms with Gasteiger partial charge in [0.1, 0.15) is 0 Å². The first kappa shape index (κ1) is 6.79. The normalized spacial score (nSPS) is 27.5. The molecule has 0 saturated carbocycles. The number of piperidine rings is 1. The van der Waals surface area contributed by atoms with Gasteiger partial charge in [-0.1, -0.05) is 0 Å². The predicted octanol–water partition coefficient (Wildman–Crippen LogP) is -0.528. The zero-order valence-corrected chi connectivity index (χ0v) is 6.26. The van der Waals surface area contributed by atoms with E-state index in [1.807, 2.05) is 0 Å². The van der Waals surface area contributed by atoms with Crippen LogP contribution in [0.5, 0.6) is 0 Å². The van der Waals surface area contributed by atoms with E-state index in [1.165, 1.54) is 0 Å². The lowest BCUT2D eigenvalue weighted by Crippen LogP contribution is -2.43. The highest BCUT2D eigenvalue weighted by Crippen LogP contribution is 2.28. The van der Waals surface area contributed by atoms with Gasteiger partial charge < -0.3 is 5.32 Å². The molecule has 2 N–H and O–H groups in total. The van der Waals surface area contributed by atoms with Crippen molar-refractivity contribution in [1.29, 1.82) is 0 Å². The summed E-state index contributed by atoms with van der Waals surface area (Å²) in [6.45, 7) is 1.83. The largest absolute Gasteiger partial charge is 0.317 e. The van der Waals surface area contributed by atoms with Gasteiger partial charge in [-0.2, -0.15) is 5.10 Å². The lowest BCUT2D eigenvalue weighted by Gasteiger charge is -2.27. The van der Waals surface area contributed by atoms with Crippen LogP contribution >= 0.6 is 0 Å². The molecular weight excluding hydrogens is 142 g/mol. The van der Waals surface area contributed by atoms with Crippen LogP contribution in [0.2, 0.25) is 0 Å². The second-order valence-electron chi connectivity index (χ2n) is 3.11. The van der Waals surface area contributed by atoms with E-state index in [1.54, 1.807) is 6.21 Å². The molecule has 2 aliphatic rings. The summed E-state index contributed by atoms with van der Waals surface area (Å²) in [5.41, 5.74) is 2.21. The monoisotopic (exact) mass is 153 g/mol. The lowest BCUT2D eigenvalue weighted by atomic mass is 9.80. The van der Waals surface area contributed by atoms with Gasteiger partial charge in [0.25, 0.3) is 5.91 Å². The number of rotatable bonds is 0. The molecule has 0 bridgehead atoms. The molecule has 1 spiro atoms. The van der Waals surface area contributed by atoms with Crippen molar-refractivity contribution >= 4 is 12.1 Å². The number of nitrogens with zero attached hydrogens (tertiary/aromatic N) is 1. The van der Waals surface area contributed by atoms with Crippen LogP contribution in [0.1, 0.15) is 12.8 Å². The van der Waals surface area contributed by atoms with E-state index in [-0.39, 0.29) is 11.3 Å². The van der Waals surface area contributed by atoms with Crippen LogP contribution in [0, 0.1) is 5.41 Å². The first-order valence-electron chi connectivity index (χ1n) is 3.89. The molecule has 1 saturated heterocycles. The highest BCUT2D eigenvalue weighted by Gasteiger charge is 2.40. The van der Waals surface area contributed by atoms with E-state index in [9.17, 15) is 4.79 Å². The minimum atomic E-state index is -0.273. The van der Waals surface area contributed by atoms with Crippen molar-refractivity contribution in [3.8, 4) is 0 Å². The molecule has 0 aromatic rings. The number of amides is 1. The summed E-state index contributed by atoms with van der Waals surface area (Å²) in [5, 5.41) is 7.00. The molecule has 11 heavy (non-hydrogen) atoms. The van der Waals surface area contributed by atoms with Gasteiger partial charge >= 0.3 is 0 Å². The number of hydrogen-bond acceptors (Lipinski definition) is 3. The van der Waals surface area contributed by atoms with Gasteiger partial charge in [-0.25, -0.2) is 5.43 Å². The van der Waals surface area contributed by atoms with E-state index in [4.69, 9.17) is 0 Å². The predicted molar refractivity (Wildman–Crippen MR) is 41.2 cm³/mol. The van der Waals surface area contributed by atoms with E-state index in [0.29, 0.717) is 0 Å². The van der Waals surface area contributed by atoms with Gasteiger partial charge in [0.15, 0.2) is 0 Å². The Kier molecular flexibility index (Phi) is 1.42. The maximum absolute atomic E-state index is 11.3. The van der Waals surface area contributed by atoms with Gasteiger partial charge in [0.2, 0.25) is 0 Å². The first-order chi connectivity index (χ1) is 5.33. The van der Waals surface area contributed by atoms with Crippen molar-refractivity contribution in [3.05, 3.63) is 0 Å². The minimum Gasteiger partial charge on any atom is -0.317 e. The van der Waals surface area contributed by atoms with Crippen LogP contribution in [0.4, 0.5) is 0 Å². The van der Waals surface area contributed by atoms with Crippen LogP contribution < -0.4 is 10.7 Å². The maximum Gasteiger partial charge on any atom is 0.251 e. The van der Waals surface area contributed by atoms with Gasteiger partial charge in [-0.05, 0) is 25.9 Å². The zero-order valence-electron chi connectivity index (χ0n) is 6.26. The molecule has 4 heteroatoms. The van der Waals surface area contributed by atoms with Gasteiger partial charge in [-0.3, -0.25) is 4.79 Å². The molecule has 2 heterocycles. The molecule has 0 aliphatic carbocycles. The van der Waals surface area contributed by atoms with Crippen LogP contribution in [0.15, 0.2) is 5.10 Å². The molecular formula is C7H11N3O. The molecule has 0 atom stereocenters. The van der Waals surface area contributed by atoms with E-state index >= 15 is 0 Å². The number of carbonyl (C=O) groups excluding carboxylic acids is 1. The fraction of sp³-hybridized carbons (Fsp3) is 0.714. The molecule has 60 valence electrons. The number of carbonyl (C=O) groups is 1. The second kappa shape index (κ2) is 2.30. The Morgan fingerprint density at radius 3 is 2.73 bits per heavy atom. The van der Waals surface area contributed by atoms with Crippen LogP contribution in [-0.2, 0) is 4.79 Å². The van der Waals surface area contributed by atoms with Gasteiger partial charge in [0.05, 0.1) is 5.41 Å². The number of hydrogen-bond donors (Lipinski definition) is 2. The van der Waals surface area contributed by atoms with Crippen LogP contribution in [0.3, 0.4) is 0 Å². The molecule has 1 amide bonds. The number of hydrazone groups is 1. The molecule has 2 rings (SSSR count). The molecule has 4 nitrogen and oxygen atoms in total. The van der Waals surface area contributed by atoms with Gasteiger partial charge in [-0.15, -0.1) is 0 Å². The maximum atomic E-state index is 11.3. The zero-order chi connectivity index (χ0) is 7.73. The fourth-order valence-electron chi connectivity index (χ4n) is 1.61. The molecule has 0 unspecified atom stereocenters. The fourth-order valence-corrected chi connectivity index (χ4v) is 1.61. The van der Waals surface area contributed by atoms with Crippen LogP contribution in [0.25, 0.3) is 0 Å². The van der Waals surface area contributed by atoms with Crippen molar-refractivity contribution in [2.45, 2.75) is 12.8 Å². The van der Waals surface area contributed by atoms with Crippen molar-refractivity contribution in [1.82, 2.24) is 10.7 Å². The summed E-state index contributed by atoms with van der Waals surface area (Å²) < 4.78 is 0. The molecule has 0 aromatic heterocycles. The van der Waals surface area contributed by atoms with Crippen molar-refractivity contribution < 1.29 is 4.79 Å². The Hall–Kier alpha value is -0.900. The highest BCUT2D eigenvalue weighted by molar-refractivity contribution is 6.02. The Balaban J connectivity index is 2.18.